The number of rotatable bonds is 4. The van der Waals surface area contributed by atoms with Crippen molar-refractivity contribution in [3.8, 4) is 22.6 Å². The third-order valence-electron chi connectivity index (χ3n) is 9.00. The van der Waals surface area contributed by atoms with Gasteiger partial charge in [0, 0.05) is 43.8 Å². The summed E-state index contributed by atoms with van der Waals surface area (Å²) in [6.45, 7) is 7.18. The predicted molar refractivity (Wildman–Crippen MR) is 193 cm³/mol. The molecular formula is C38H39ClFN7O5. The van der Waals surface area contributed by atoms with Gasteiger partial charge in [0.05, 0.1) is 47.6 Å². The summed E-state index contributed by atoms with van der Waals surface area (Å²) in [6, 6.07) is 16.8. The summed E-state index contributed by atoms with van der Waals surface area (Å²) in [4.78, 5) is 44.2. The number of likely N-dealkylation sites (tertiary alicyclic amines) is 1. The minimum atomic E-state index is -0.842. The standard InChI is InChI=1S/C38H39ClFN7O5/c1-38(2,3)52-35(48)23-44-13-12-41-36(49)34-18-28(21-46(34)37(50)25-19-42-47(20-25)33-11-10-26(40)17-31(33)39)51-27-7-4-6-24(16-27)29-8-5-9-32-30(29)22-45(43-32)15-14-44/h4-11,16-17,19-20,22,28,34H,12-15,18,21,23H2,1-3H3,(H,41,49)/t28-,34-/m0/s1. The van der Waals surface area contributed by atoms with Crippen LogP contribution in [0.5, 0.6) is 5.75 Å². The van der Waals surface area contributed by atoms with Crippen LogP contribution in [0.15, 0.2) is 79.3 Å². The van der Waals surface area contributed by atoms with Gasteiger partial charge in [0.1, 0.15) is 29.3 Å². The van der Waals surface area contributed by atoms with Crippen LogP contribution in [0, 0.1) is 5.82 Å². The molecule has 14 heteroatoms. The first-order valence-electron chi connectivity index (χ1n) is 17.2. The molecule has 4 heterocycles. The molecule has 2 aromatic heterocycles. The van der Waals surface area contributed by atoms with Gasteiger partial charge >= 0.3 is 5.97 Å². The average molecular weight is 728 g/mol. The Morgan fingerprint density at radius 3 is 2.69 bits per heavy atom. The summed E-state index contributed by atoms with van der Waals surface area (Å²) >= 11 is 6.26. The lowest BCUT2D eigenvalue weighted by Crippen LogP contribution is -2.48. The van der Waals surface area contributed by atoms with Crippen LogP contribution in [-0.4, -0.2) is 97.6 Å². The van der Waals surface area contributed by atoms with Gasteiger partial charge in [-0.15, -0.1) is 0 Å². The molecule has 0 spiro atoms. The van der Waals surface area contributed by atoms with Gasteiger partial charge in [-0.2, -0.15) is 10.2 Å². The number of nitrogens with zero attached hydrogens (tertiary/aromatic N) is 6. The Morgan fingerprint density at radius 2 is 1.88 bits per heavy atom. The van der Waals surface area contributed by atoms with E-state index >= 15 is 0 Å². The van der Waals surface area contributed by atoms with E-state index in [0.29, 0.717) is 31.1 Å². The highest BCUT2D eigenvalue weighted by Gasteiger charge is 2.41. The topological polar surface area (TPSA) is 124 Å². The zero-order chi connectivity index (χ0) is 36.6. The second kappa shape index (κ2) is 14.4. The van der Waals surface area contributed by atoms with Crippen molar-refractivity contribution in [1.29, 1.82) is 0 Å². The van der Waals surface area contributed by atoms with E-state index in [2.05, 4.69) is 10.4 Å². The molecule has 2 atom stereocenters. The third kappa shape index (κ3) is 7.80. The van der Waals surface area contributed by atoms with Gasteiger partial charge in [-0.3, -0.25) is 24.0 Å². The smallest absolute Gasteiger partial charge is 0.320 e. The largest absolute Gasteiger partial charge is 0.488 e. The van der Waals surface area contributed by atoms with Crippen molar-refractivity contribution < 1.29 is 28.2 Å². The monoisotopic (exact) mass is 727 g/mol. The van der Waals surface area contributed by atoms with E-state index in [1.54, 1.807) is 0 Å². The fourth-order valence-electron chi connectivity index (χ4n) is 6.67. The Balaban J connectivity index is 1.19. The Kier molecular flexibility index (Phi) is 9.73. The molecule has 12 nitrogen and oxygen atoms in total. The Hall–Kier alpha value is -5.27. The maximum absolute atomic E-state index is 14.0. The molecule has 0 radical (unpaired) electrons. The number of carbonyl (C=O) groups excluding carboxylic acids is 3. The predicted octanol–water partition coefficient (Wildman–Crippen LogP) is 5.12. The number of esters is 1. The molecule has 6 bridgehead atoms. The number of ether oxygens (including phenoxy) is 2. The zero-order valence-corrected chi connectivity index (χ0v) is 29.8. The van der Waals surface area contributed by atoms with Crippen molar-refractivity contribution in [3.05, 3.63) is 95.7 Å². The molecule has 0 saturated carbocycles. The van der Waals surface area contributed by atoms with Crippen molar-refractivity contribution in [2.75, 3.05) is 32.7 Å². The van der Waals surface area contributed by atoms with Crippen LogP contribution >= 0.6 is 11.6 Å². The number of fused-ring (bicyclic) bond motifs is 6. The lowest BCUT2D eigenvalue weighted by atomic mass is 10.0. The van der Waals surface area contributed by atoms with Crippen molar-refractivity contribution in [1.82, 2.24) is 34.7 Å². The van der Waals surface area contributed by atoms with Crippen molar-refractivity contribution in [2.24, 2.45) is 0 Å². The van der Waals surface area contributed by atoms with E-state index < -0.39 is 29.5 Å². The summed E-state index contributed by atoms with van der Waals surface area (Å²) < 4.78 is 29.0. The molecule has 1 saturated heterocycles. The number of amides is 2. The van der Waals surface area contributed by atoms with Crippen molar-refractivity contribution in [3.63, 3.8) is 0 Å². The maximum atomic E-state index is 14.0. The summed E-state index contributed by atoms with van der Waals surface area (Å²) in [5, 5.41) is 13.2. The minimum absolute atomic E-state index is 0.0258. The van der Waals surface area contributed by atoms with Crippen LogP contribution in [0.1, 0.15) is 37.6 Å². The number of carbonyl (C=O) groups is 3. The molecule has 1 fully saturated rings. The number of nitrogens with one attached hydrogen (secondary N) is 1. The van der Waals surface area contributed by atoms with Crippen LogP contribution < -0.4 is 10.1 Å². The molecule has 2 aliphatic rings. The van der Waals surface area contributed by atoms with Gasteiger partial charge < -0.3 is 19.7 Å². The summed E-state index contributed by atoms with van der Waals surface area (Å²) in [6.07, 6.45) is 4.67. The number of benzene rings is 3. The van der Waals surface area contributed by atoms with Crippen LogP contribution in [0.25, 0.3) is 27.7 Å². The molecule has 5 aromatic rings. The molecular weight excluding hydrogens is 689 g/mol. The fourth-order valence-corrected chi connectivity index (χ4v) is 6.92. The van der Waals surface area contributed by atoms with Gasteiger partial charge in [0.25, 0.3) is 5.91 Å². The van der Waals surface area contributed by atoms with Gasteiger partial charge in [0.2, 0.25) is 5.91 Å². The SMILES string of the molecule is CC(C)(C)OC(=O)CN1CCNC(=O)[C@@H]2C[C@@H](CN2C(=O)c2cnn(-c3ccc(F)cc3Cl)c2)Oc2cccc(c2)-c2cccc3nn(cc23)CC1. The fraction of sp³-hybridized carbons (Fsp3) is 0.342. The van der Waals surface area contributed by atoms with E-state index in [1.807, 2.05) is 79.0 Å². The number of halogens is 2. The summed E-state index contributed by atoms with van der Waals surface area (Å²) in [5.74, 6) is -1.01. The quantitative estimate of drug-likeness (QED) is 0.253. The average Bonchev–Trinajstić information content (AvgIpc) is 3.84. The van der Waals surface area contributed by atoms with Crippen LogP contribution in [0.3, 0.4) is 0 Å². The first-order chi connectivity index (χ1) is 24.9. The van der Waals surface area contributed by atoms with Crippen molar-refractivity contribution >= 4 is 40.3 Å². The zero-order valence-electron chi connectivity index (χ0n) is 29.1. The summed E-state index contributed by atoms with van der Waals surface area (Å²) in [7, 11) is 0. The van der Waals surface area contributed by atoms with Gasteiger partial charge in [-0.1, -0.05) is 35.9 Å². The lowest BCUT2D eigenvalue weighted by Gasteiger charge is -2.26. The highest BCUT2D eigenvalue weighted by atomic mass is 35.5. The van der Waals surface area contributed by atoms with Gasteiger partial charge in [-0.05, 0) is 68.3 Å². The Morgan fingerprint density at radius 1 is 1.06 bits per heavy atom. The maximum Gasteiger partial charge on any atom is 0.320 e. The second-order valence-corrected chi connectivity index (χ2v) is 14.4. The molecule has 270 valence electrons. The van der Waals surface area contributed by atoms with E-state index in [0.717, 1.165) is 22.0 Å². The van der Waals surface area contributed by atoms with E-state index in [-0.39, 0.29) is 48.5 Å². The third-order valence-corrected chi connectivity index (χ3v) is 9.31. The molecule has 52 heavy (non-hydrogen) atoms. The lowest BCUT2D eigenvalue weighted by molar-refractivity contribution is -0.156. The molecule has 1 N–H and O–H groups in total. The molecule has 2 amide bonds. The normalized spacial score (nSPS) is 18.5. The summed E-state index contributed by atoms with van der Waals surface area (Å²) in [5.41, 5.74) is 2.75. The number of hydrogen-bond acceptors (Lipinski definition) is 8. The molecule has 3 aromatic carbocycles. The highest BCUT2D eigenvalue weighted by molar-refractivity contribution is 6.32. The highest BCUT2D eigenvalue weighted by Crippen LogP contribution is 2.32. The van der Waals surface area contributed by atoms with Gasteiger partial charge in [0.15, 0.2) is 0 Å². The number of hydrogen-bond donors (Lipinski definition) is 1. The van der Waals surface area contributed by atoms with Crippen LogP contribution in [0.2, 0.25) is 5.02 Å². The Labute approximate surface area is 305 Å². The molecule has 0 unspecified atom stereocenters. The van der Waals surface area contributed by atoms with E-state index in [4.69, 9.17) is 26.2 Å². The Bertz CT molecular complexity index is 2140. The van der Waals surface area contributed by atoms with E-state index in [1.165, 1.54) is 40.2 Å². The second-order valence-electron chi connectivity index (χ2n) is 14.0. The van der Waals surface area contributed by atoms with E-state index in [9.17, 15) is 18.8 Å². The first kappa shape index (κ1) is 35.1. The minimum Gasteiger partial charge on any atom is -0.488 e. The molecule has 0 aliphatic carbocycles. The van der Waals surface area contributed by atoms with Gasteiger partial charge in [-0.25, -0.2) is 9.07 Å². The number of aromatic nitrogens is 4. The van der Waals surface area contributed by atoms with Crippen molar-refractivity contribution in [2.45, 2.75) is 51.5 Å². The molecule has 7 rings (SSSR count). The van der Waals surface area contributed by atoms with Crippen LogP contribution in [0.4, 0.5) is 4.39 Å². The first-order valence-corrected chi connectivity index (χ1v) is 17.5. The molecule has 2 aliphatic heterocycles. The van der Waals surface area contributed by atoms with Crippen LogP contribution in [-0.2, 0) is 20.9 Å².